The Labute approximate surface area is 130 Å². The summed E-state index contributed by atoms with van der Waals surface area (Å²) in [6.07, 6.45) is 7.31. The van der Waals surface area contributed by atoms with E-state index in [1.54, 1.807) is 11.1 Å². The molecule has 1 spiro atoms. The number of aryl methyl sites for hydroxylation is 2. The number of hydrogen-bond donors (Lipinski definition) is 0. The Morgan fingerprint density at radius 3 is 3.00 bits per heavy atom. The van der Waals surface area contributed by atoms with Gasteiger partial charge in [0.1, 0.15) is 11.4 Å². The van der Waals surface area contributed by atoms with E-state index in [2.05, 4.69) is 4.98 Å². The predicted octanol–water partition coefficient (Wildman–Crippen LogP) is 1.19. The molecule has 0 bridgehead atoms. The molecule has 0 aromatic carbocycles. The predicted molar refractivity (Wildman–Crippen MR) is 80.3 cm³/mol. The number of rotatable bonds is 4. The second kappa shape index (κ2) is 6.20. The number of imidazole rings is 1. The van der Waals surface area contributed by atoms with Gasteiger partial charge in [-0.05, 0) is 12.8 Å². The number of hydrogen-bond acceptors (Lipinski definition) is 4. The Morgan fingerprint density at radius 1 is 1.45 bits per heavy atom. The van der Waals surface area contributed by atoms with Crippen molar-refractivity contribution in [3.63, 3.8) is 0 Å². The van der Waals surface area contributed by atoms with Crippen LogP contribution in [0.3, 0.4) is 0 Å². The molecule has 1 aromatic rings. The van der Waals surface area contributed by atoms with Crippen LogP contribution in [0.15, 0.2) is 12.4 Å². The molecule has 0 N–H and O–H groups in total. The van der Waals surface area contributed by atoms with E-state index >= 15 is 0 Å². The molecule has 22 heavy (non-hydrogen) atoms. The molecule has 6 nitrogen and oxygen atoms in total. The van der Waals surface area contributed by atoms with E-state index in [0.29, 0.717) is 32.5 Å². The molecule has 0 saturated carbocycles. The summed E-state index contributed by atoms with van der Waals surface area (Å²) in [6, 6.07) is 0. The maximum atomic E-state index is 12.3. The fraction of sp³-hybridized carbons (Fsp3) is 0.688. The summed E-state index contributed by atoms with van der Waals surface area (Å²) >= 11 is 0. The van der Waals surface area contributed by atoms with E-state index < -0.39 is 5.60 Å². The highest BCUT2D eigenvalue weighted by atomic mass is 16.5. The molecule has 1 atom stereocenters. The molecule has 2 fully saturated rings. The molecule has 0 unspecified atom stereocenters. The van der Waals surface area contributed by atoms with Gasteiger partial charge in [0.25, 0.3) is 0 Å². The molecule has 0 aliphatic carbocycles. The quantitative estimate of drug-likeness (QED) is 0.838. The summed E-state index contributed by atoms with van der Waals surface area (Å²) in [5.74, 6) is 1.10. The van der Waals surface area contributed by atoms with Gasteiger partial charge in [0.05, 0.1) is 6.54 Å². The lowest BCUT2D eigenvalue weighted by atomic mass is 9.87. The van der Waals surface area contributed by atoms with E-state index in [-0.39, 0.29) is 18.2 Å². The third-order valence-corrected chi connectivity index (χ3v) is 4.77. The highest BCUT2D eigenvalue weighted by molar-refractivity contribution is 5.93. The Balaban J connectivity index is 1.54. The van der Waals surface area contributed by atoms with Crippen LogP contribution in [0.1, 0.15) is 38.4 Å². The largest absolute Gasteiger partial charge is 0.367 e. The highest BCUT2D eigenvalue weighted by Crippen LogP contribution is 2.33. The van der Waals surface area contributed by atoms with Gasteiger partial charge in [-0.15, -0.1) is 0 Å². The number of ketones is 1. The Kier molecular flexibility index (Phi) is 4.29. The third-order valence-electron chi connectivity index (χ3n) is 4.77. The van der Waals surface area contributed by atoms with Crippen LogP contribution in [0, 0.1) is 0 Å². The normalized spacial score (nSPS) is 25.1. The maximum Gasteiger partial charge on any atom is 0.224 e. The zero-order chi connectivity index (χ0) is 15.6. The second-order valence-electron chi connectivity index (χ2n) is 6.08. The number of ether oxygens (including phenoxy) is 1. The first-order chi connectivity index (χ1) is 10.6. The number of nitrogens with zero attached hydrogens (tertiary/aromatic N) is 3. The highest BCUT2D eigenvalue weighted by Gasteiger charge is 2.46. The molecule has 3 heterocycles. The van der Waals surface area contributed by atoms with Crippen LogP contribution < -0.4 is 0 Å². The van der Waals surface area contributed by atoms with Crippen LogP contribution in [-0.4, -0.2) is 51.4 Å². The van der Waals surface area contributed by atoms with Crippen LogP contribution in [0.25, 0.3) is 0 Å². The maximum absolute atomic E-state index is 12.3. The van der Waals surface area contributed by atoms with E-state index in [1.165, 1.54) is 0 Å². The van der Waals surface area contributed by atoms with Crippen molar-refractivity contribution in [1.29, 1.82) is 0 Å². The van der Waals surface area contributed by atoms with Crippen molar-refractivity contribution in [3.8, 4) is 0 Å². The van der Waals surface area contributed by atoms with Crippen molar-refractivity contribution in [2.24, 2.45) is 0 Å². The van der Waals surface area contributed by atoms with Gasteiger partial charge in [0, 0.05) is 51.4 Å². The average Bonchev–Trinajstić information content (AvgIpc) is 3.17. The first-order valence-electron chi connectivity index (χ1n) is 8.10. The Morgan fingerprint density at radius 2 is 2.32 bits per heavy atom. The zero-order valence-electron chi connectivity index (χ0n) is 13.1. The third kappa shape index (κ3) is 2.79. The van der Waals surface area contributed by atoms with Gasteiger partial charge >= 0.3 is 0 Å². The molecule has 3 rings (SSSR count). The van der Waals surface area contributed by atoms with Gasteiger partial charge in [0.15, 0.2) is 5.78 Å². The molecule has 2 aliphatic rings. The first kappa shape index (κ1) is 15.2. The molecule has 2 saturated heterocycles. The fourth-order valence-corrected chi connectivity index (χ4v) is 3.41. The monoisotopic (exact) mass is 305 g/mol. The smallest absolute Gasteiger partial charge is 0.224 e. The van der Waals surface area contributed by atoms with Crippen LogP contribution in [-0.2, 0) is 27.3 Å². The summed E-state index contributed by atoms with van der Waals surface area (Å²) in [6.45, 7) is 4.15. The number of piperidine rings is 1. The van der Waals surface area contributed by atoms with Crippen LogP contribution in [0.2, 0.25) is 0 Å². The number of Topliss-reactive ketones (excluding diaryl/α,β-unsaturated/α-hetero) is 1. The van der Waals surface area contributed by atoms with Gasteiger partial charge in [-0.1, -0.05) is 6.92 Å². The summed E-state index contributed by atoms with van der Waals surface area (Å²) in [4.78, 5) is 30.6. The standard InChI is InChI=1S/C16H23N3O3/c1-2-14-17-7-10-18(14)8-4-15(21)19-9-6-16(13(20)12-19)5-3-11-22-16/h7,10H,2-6,8-9,11-12H2,1H3/t16-/m1/s1. The van der Waals surface area contributed by atoms with Crippen molar-refractivity contribution in [1.82, 2.24) is 14.5 Å². The molecule has 0 radical (unpaired) electrons. The molecule has 1 aromatic heterocycles. The number of aromatic nitrogens is 2. The average molecular weight is 305 g/mol. The lowest BCUT2D eigenvalue weighted by Gasteiger charge is -2.37. The minimum Gasteiger partial charge on any atom is -0.367 e. The van der Waals surface area contributed by atoms with Gasteiger partial charge in [-0.3, -0.25) is 9.59 Å². The van der Waals surface area contributed by atoms with Crippen molar-refractivity contribution in [3.05, 3.63) is 18.2 Å². The minimum absolute atomic E-state index is 0.0388. The van der Waals surface area contributed by atoms with E-state index in [0.717, 1.165) is 25.1 Å². The number of likely N-dealkylation sites (tertiary alicyclic amines) is 1. The first-order valence-corrected chi connectivity index (χ1v) is 8.10. The zero-order valence-corrected chi connectivity index (χ0v) is 13.1. The van der Waals surface area contributed by atoms with Gasteiger partial charge in [-0.25, -0.2) is 4.98 Å². The molecule has 6 heteroatoms. The number of amides is 1. The summed E-state index contributed by atoms with van der Waals surface area (Å²) in [7, 11) is 0. The summed E-state index contributed by atoms with van der Waals surface area (Å²) in [5, 5.41) is 0. The summed E-state index contributed by atoms with van der Waals surface area (Å²) < 4.78 is 7.68. The van der Waals surface area contributed by atoms with E-state index in [9.17, 15) is 9.59 Å². The van der Waals surface area contributed by atoms with Gasteiger partial charge in [0.2, 0.25) is 5.91 Å². The lowest BCUT2D eigenvalue weighted by Crippen LogP contribution is -2.53. The van der Waals surface area contributed by atoms with Crippen LogP contribution in [0.5, 0.6) is 0 Å². The van der Waals surface area contributed by atoms with E-state index in [1.807, 2.05) is 17.7 Å². The van der Waals surface area contributed by atoms with Gasteiger partial charge in [-0.2, -0.15) is 0 Å². The second-order valence-corrected chi connectivity index (χ2v) is 6.08. The molecule has 120 valence electrons. The number of carbonyl (C=O) groups is 2. The summed E-state index contributed by atoms with van der Waals surface area (Å²) in [5.41, 5.74) is -0.587. The minimum atomic E-state index is -0.587. The van der Waals surface area contributed by atoms with Crippen LogP contribution in [0.4, 0.5) is 0 Å². The fourth-order valence-electron chi connectivity index (χ4n) is 3.41. The Hall–Kier alpha value is -1.69. The SMILES string of the molecule is CCc1nccn1CCC(=O)N1CC[C@]2(CCCO2)C(=O)C1. The van der Waals surface area contributed by atoms with Crippen molar-refractivity contribution < 1.29 is 14.3 Å². The molecule has 1 amide bonds. The van der Waals surface area contributed by atoms with Crippen LogP contribution >= 0.6 is 0 Å². The molecule has 2 aliphatic heterocycles. The van der Waals surface area contributed by atoms with Crippen molar-refractivity contribution in [2.45, 2.75) is 51.2 Å². The lowest BCUT2D eigenvalue weighted by molar-refractivity contribution is -0.152. The number of carbonyl (C=O) groups excluding carboxylic acids is 2. The van der Waals surface area contributed by atoms with Crippen molar-refractivity contribution in [2.75, 3.05) is 19.7 Å². The van der Waals surface area contributed by atoms with E-state index in [4.69, 9.17) is 4.74 Å². The topological polar surface area (TPSA) is 64.4 Å². The van der Waals surface area contributed by atoms with Crippen molar-refractivity contribution >= 4 is 11.7 Å². The Bertz CT molecular complexity index is 561. The van der Waals surface area contributed by atoms with Gasteiger partial charge < -0.3 is 14.2 Å². The molecular weight excluding hydrogens is 282 g/mol. The molecular formula is C16H23N3O3.